The van der Waals surface area contributed by atoms with E-state index in [1.54, 1.807) is 31.5 Å². The second-order valence-electron chi connectivity index (χ2n) is 5.92. The van der Waals surface area contributed by atoms with Gasteiger partial charge in [-0.1, -0.05) is 26.0 Å². The van der Waals surface area contributed by atoms with Crippen LogP contribution in [0.2, 0.25) is 0 Å². The Hall–Kier alpha value is -2.95. The molecule has 1 unspecified atom stereocenters. The fourth-order valence-electron chi connectivity index (χ4n) is 3.10. The number of benzene rings is 1. The van der Waals surface area contributed by atoms with Gasteiger partial charge >= 0.3 is 0 Å². The summed E-state index contributed by atoms with van der Waals surface area (Å²) in [6.07, 6.45) is 4.34. The average Bonchev–Trinajstić information content (AvgIpc) is 2.93. The maximum Gasteiger partial charge on any atom is 0.294 e. The van der Waals surface area contributed by atoms with Gasteiger partial charge in [0.25, 0.3) is 5.91 Å². The van der Waals surface area contributed by atoms with Gasteiger partial charge in [-0.25, -0.2) is 0 Å². The van der Waals surface area contributed by atoms with Crippen molar-refractivity contribution in [1.29, 1.82) is 0 Å². The van der Waals surface area contributed by atoms with Crippen LogP contribution in [0.3, 0.4) is 0 Å². The lowest BCUT2D eigenvalue weighted by Gasteiger charge is -2.27. The summed E-state index contributed by atoms with van der Waals surface area (Å²) in [7, 11) is 0. The zero-order valence-corrected chi connectivity index (χ0v) is 14.3. The third-order valence-corrected chi connectivity index (χ3v) is 4.47. The van der Waals surface area contributed by atoms with E-state index in [0.717, 1.165) is 17.5 Å². The van der Waals surface area contributed by atoms with Crippen LogP contribution in [0.4, 0.5) is 5.69 Å². The number of rotatable bonds is 5. The molecular formula is C20H20N2O3. The lowest BCUT2D eigenvalue weighted by molar-refractivity contribution is -0.118. The predicted molar refractivity (Wildman–Crippen MR) is 95.2 cm³/mol. The Bertz CT molecular complexity index is 826. The molecule has 25 heavy (non-hydrogen) atoms. The number of aliphatic hydroxyl groups excluding tert-OH is 1. The van der Waals surface area contributed by atoms with Crippen LogP contribution in [0.1, 0.15) is 37.4 Å². The van der Waals surface area contributed by atoms with Crippen molar-refractivity contribution in [2.24, 2.45) is 0 Å². The van der Waals surface area contributed by atoms with E-state index in [9.17, 15) is 14.7 Å². The molecule has 3 rings (SSSR count). The minimum Gasteiger partial charge on any atom is -0.503 e. The molecule has 1 aromatic heterocycles. The number of anilines is 1. The summed E-state index contributed by atoms with van der Waals surface area (Å²) in [6.45, 7) is 3.77. The highest BCUT2D eigenvalue weighted by Gasteiger charge is 2.43. The molecule has 5 heteroatoms. The first-order valence-electron chi connectivity index (χ1n) is 8.37. The summed E-state index contributed by atoms with van der Waals surface area (Å²) in [4.78, 5) is 30.6. The number of aromatic nitrogens is 1. The second kappa shape index (κ2) is 6.89. The van der Waals surface area contributed by atoms with Gasteiger partial charge in [-0.15, -0.1) is 0 Å². The highest BCUT2D eigenvalue weighted by Crippen LogP contribution is 2.41. The van der Waals surface area contributed by atoms with Crippen LogP contribution >= 0.6 is 0 Å². The van der Waals surface area contributed by atoms with E-state index in [1.165, 1.54) is 4.90 Å². The Morgan fingerprint density at radius 3 is 2.32 bits per heavy atom. The Kier molecular flexibility index (Phi) is 4.65. The Morgan fingerprint density at radius 1 is 1.12 bits per heavy atom. The van der Waals surface area contributed by atoms with Gasteiger partial charge in [-0.05, 0) is 41.8 Å². The van der Waals surface area contributed by atoms with Crippen LogP contribution in [-0.4, -0.2) is 21.8 Å². The van der Waals surface area contributed by atoms with Crippen molar-refractivity contribution in [2.45, 2.75) is 32.7 Å². The third kappa shape index (κ3) is 2.93. The van der Waals surface area contributed by atoms with Crippen LogP contribution in [0.25, 0.3) is 0 Å². The number of Topliss-reactive ketones (excluding diaryl/α,β-unsaturated/α-hetero) is 1. The minimum absolute atomic E-state index is 0.151. The van der Waals surface area contributed by atoms with Crippen molar-refractivity contribution in [1.82, 2.24) is 4.98 Å². The number of hydrogen-bond donors (Lipinski definition) is 1. The molecule has 1 amide bonds. The Labute approximate surface area is 146 Å². The summed E-state index contributed by atoms with van der Waals surface area (Å²) in [5.41, 5.74) is 2.69. The van der Waals surface area contributed by atoms with Crippen molar-refractivity contribution in [2.75, 3.05) is 4.90 Å². The maximum absolute atomic E-state index is 12.7. The first-order valence-corrected chi connectivity index (χ1v) is 8.37. The molecule has 1 atom stereocenters. The molecular weight excluding hydrogens is 316 g/mol. The summed E-state index contributed by atoms with van der Waals surface area (Å²) in [5, 5.41) is 10.4. The first-order chi connectivity index (χ1) is 12.1. The number of hydrogen-bond acceptors (Lipinski definition) is 4. The van der Waals surface area contributed by atoms with Gasteiger partial charge in [0.2, 0.25) is 0 Å². The minimum atomic E-state index is -0.643. The number of aliphatic hydroxyl groups is 1. The number of carbonyl (C=O) groups excluding carboxylic acids is 2. The summed E-state index contributed by atoms with van der Waals surface area (Å²) < 4.78 is 0. The van der Waals surface area contributed by atoms with Crippen molar-refractivity contribution >= 4 is 17.4 Å². The fourth-order valence-corrected chi connectivity index (χ4v) is 3.10. The van der Waals surface area contributed by atoms with Crippen LogP contribution in [-0.2, 0) is 16.0 Å². The average molecular weight is 336 g/mol. The van der Waals surface area contributed by atoms with E-state index in [1.807, 2.05) is 24.3 Å². The van der Waals surface area contributed by atoms with Gasteiger partial charge in [0, 0.05) is 24.5 Å². The first kappa shape index (κ1) is 16.9. The Balaban J connectivity index is 2.13. The zero-order chi connectivity index (χ0) is 18.0. The van der Waals surface area contributed by atoms with Gasteiger partial charge in [0.15, 0.2) is 11.5 Å². The van der Waals surface area contributed by atoms with Gasteiger partial charge in [-0.3, -0.25) is 19.5 Å². The number of aryl methyl sites for hydroxylation is 1. The number of ketones is 1. The fraction of sp³-hybridized carbons (Fsp3) is 0.250. The molecule has 1 N–H and O–H groups in total. The Morgan fingerprint density at radius 2 is 1.76 bits per heavy atom. The molecule has 1 aliphatic rings. The van der Waals surface area contributed by atoms with E-state index in [0.29, 0.717) is 5.69 Å². The highest BCUT2D eigenvalue weighted by molar-refractivity contribution is 6.16. The van der Waals surface area contributed by atoms with E-state index in [-0.39, 0.29) is 17.8 Å². The number of amides is 1. The largest absolute Gasteiger partial charge is 0.503 e. The van der Waals surface area contributed by atoms with E-state index in [4.69, 9.17) is 0 Å². The van der Waals surface area contributed by atoms with Crippen molar-refractivity contribution in [3.05, 3.63) is 71.3 Å². The number of nitrogens with zero attached hydrogens (tertiary/aromatic N) is 2. The van der Waals surface area contributed by atoms with Gasteiger partial charge < -0.3 is 5.11 Å². The van der Waals surface area contributed by atoms with Gasteiger partial charge in [-0.2, -0.15) is 0 Å². The van der Waals surface area contributed by atoms with E-state index >= 15 is 0 Å². The molecule has 1 aromatic carbocycles. The normalized spacial score (nSPS) is 17.3. The molecule has 0 radical (unpaired) electrons. The SMILES string of the molecule is CCC(=O)C1=C(O)C(=O)N(c2ccc(CC)cc2)C1c1ccncc1. The van der Waals surface area contributed by atoms with Gasteiger partial charge in [0.1, 0.15) is 0 Å². The second-order valence-corrected chi connectivity index (χ2v) is 5.92. The molecule has 2 aromatic rings. The molecule has 5 nitrogen and oxygen atoms in total. The van der Waals surface area contributed by atoms with Gasteiger partial charge in [0.05, 0.1) is 11.6 Å². The highest BCUT2D eigenvalue weighted by atomic mass is 16.3. The van der Waals surface area contributed by atoms with Crippen molar-refractivity contribution in [3.63, 3.8) is 0 Å². The maximum atomic E-state index is 12.7. The smallest absolute Gasteiger partial charge is 0.294 e. The molecule has 0 fully saturated rings. The van der Waals surface area contributed by atoms with E-state index < -0.39 is 17.7 Å². The number of carbonyl (C=O) groups is 2. The van der Waals surface area contributed by atoms with Crippen LogP contribution in [0.5, 0.6) is 0 Å². The van der Waals surface area contributed by atoms with Crippen LogP contribution in [0.15, 0.2) is 60.1 Å². The van der Waals surface area contributed by atoms with Crippen molar-refractivity contribution in [3.8, 4) is 0 Å². The predicted octanol–water partition coefficient (Wildman–Crippen LogP) is 3.52. The molecule has 0 spiro atoms. The molecule has 0 bridgehead atoms. The topological polar surface area (TPSA) is 70.5 Å². The molecule has 0 saturated carbocycles. The molecule has 128 valence electrons. The molecule has 0 saturated heterocycles. The van der Waals surface area contributed by atoms with Crippen LogP contribution < -0.4 is 4.90 Å². The molecule has 2 heterocycles. The van der Waals surface area contributed by atoms with E-state index in [2.05, 4.69) is 11.9 Å². The third-order valence-electron chi connectivity index (χ3n) is 4.47. The quantitative estimate of drug-likeness (QED) is 0.907. The lowest BCUT2D eigenvalue weighted by Crippen LogP contribution is -2.31. The molecule has 0 aliphatic carbocycles. The summed E-state index contributed by atoms with van der Waals surface area (Å²) in [5.74, 6) is -1.25. The summed E-state index contributed by atoms with van der Waals surface area (Å²) in [6, 6.07) is 10.5. The monoisotopic (exact) mass is 336 g/mol. The molecule has 1 aliphatic heterocycles. The number of pyridine rings is 1. The van der Waals surface area contributed by atoms with Crippen LogP contribution in [0, 0.1) is 0 Å². The standard InChI is InChI=1S/C20H20N2O3/c1-3-13-5-7-15(8-6-13)22-18(14-9-11-21-12-10-14)17(16(23)4-2)19(24)20(22)25/h5-12,18,24H,3-4H2,1-2H3. The summed E-state index contributed by atoms with van der Waals surface area (Å²) >= 11 is 0. The van der Waals surface area contributed by atoms with Crippen molar-refractivity contribution < 1.29 is 14.7 Å². The zero-order valence-electron chi connectivity index (χ0n) is 14.3. The lowest BCUT2D eigenvalue weighted by atomic mass is 9.95.